The molecule has 1 unspecified atom stereocenters. The summed E-state index contributed by atoms with van der Waals surface area (Å²) in [5, 5.41) is 7.74. The SMILES string of the molecule is CNC1CCc2cc(OCc3c(Br)c(C)nn3C)ccc21. The quantitative estimate of drug-likeness (QED) is 0.920. The zero-order valence-corrected chi connectivity index (χ0v) is 14.2. The van der Waals surface area contributed by atoms with Crippen LogP contribution in [0.25, 0.3) is 0 Å². The molecule has 1 heterocycles. The third kappa shape index (κ3) is 2.72. The lowest BCUT2D eigenvalue weighted by atomic mass is 10.1. The van der Waals surface area contributed by atoms with Crippen LogP contribution in [0, 0.1) is 6.92 Å². The summed E-state index contributed by atoms with van der Waals surface area (Å²) in [4.78, 5) is 0. The van der Waals surface area contributed by atoms with Crippen LogP contribution in [0.2, 0.25) is 0 Å². The summed E-state index contributed by atoms with van der Waals surface area (Å²) in [6.07, 6.45) is 2.29. The fourth-order valence-electron chi connectivity index (χ4n) is 2.97. The lowest BCUT2D eigenvalue weighted by Gasteiger charge is -2.12. The first-order valence-corrected chi connectivity index (χ1v) is 8.00. The number of nitrogens with zero attached hydrogens (tertiary/aromatic N) is 2. The van der Waals surface area contributed by atoms with Crippen molar-refractivity contribution >= 4 is 15.9 Å². The normalized spacial score (nSPS) is 17.0. The second-order valence-corrected chi connectivity index (χ2v) is 6.29. The van der Waals surface area contributed by atoms with Gasteiger partial charge < -0.3 is 10.1 Å². The van der Waals surface area contributed by atoms with Gasteiger partial charge in [-0.3, -0.25) is 4.68 Å². The Hall–Kier alpha value is -1.33. The third-order valence-corrected chi connectivity index (χ3v) is 5.21. The van der Waals surface area contributed by atoms with Gasteiger partial charge in [-0.2, -0.15) is 5.10 Å². The van der Waals surface area contributed by atoms with E-state index in [2.05, 4.69) is 44.5 Å². The van der Waals surface area contributed by atoms with E-state index in [0.717, 1.165) is 28.0 Å². The molecular formula is C16H20BrN3O. The van der Waals surface area contributed by atoms with Gasteiger partial charge in [0.25, 0.3) is 0 Å². The molecule has 1 aromatic carbocycles. The molecule has 0 radical (unpaired) electrons. The van der Waals surface area contributed by atoms with E-state index in [4.69, 9.17) is 4.74 Å². The Balaban J connectivity index is 1.75. The number of ether oxygens (including phenoxy) is 1. The van der Waals surface area contributed by atoms with E-state index in [-0.39, 0.29) is 0 Å². The minimum Gasteiger partial charge on any atom is -0.487 e. The van der Waals surface area contributed by atoms with Crippen molar-refractivity contribution in [2.75, 3.05) is 7.05 Å². The summed E-state index contributed by atoms with van der Waals surface area (Å²) >= 11 is 3.57. The molecule has 0 saturated heterocycles. The summed E-state index contributed by atoms with van der Waals surface area (Å²) in [5.41, 5.74) is 4.84. The molecule has 112 valence electrons. The average molecular weight is 350 g/mol. The maximum atomic E-state index is 5.95. The molecular weight excluding hydrogens is 330 g/mol. The standard InChI is InChI=1S/C16H20BrN3O/c1-10-16(17)15(20(3)19-10)9-21-12-5-6-13-11(8-12)4-7-14(13)18-2/h5-6,8,14,18H,4,7,9H2,1-3H3. The summed E-state index contributed by atoms with van der Waals surface area (Å²) < 4.78 is 8.84. The van der Waals surface area contributed by atoms with Crippen molar-refractivity contribution in [1.82, 2.24) is 15.1 Å². The molecule has 0 bridgehead atoms. The van der Waals surface area contributed by atoms with Gasteiger partial charge in [-0.25, -0.2) is 0 Å². The average Bonchev–Trinajstić information content (AvgIpc) is 2.98. The molecule has 1 aromatic heterocycles. The van der Waals surface area contributed by atoms with Crippen LogP contribution >= 0.6 is 15.9 Å². The molecule has 0 aliphatic heterocycles. The Morgan fingerprint density at radius 3 is 2.95 bits per heavy atom. The van der Waals surface area contributed by atoms with Crippen LogP contribution < -0.4 is 10.1 Å². The predicted octanol–water partition coefficient (Wildman–Crippen LogP) is 3.28. The third-order valence-electron chi connectivity index (χ3n) is 4.18. The maximum Gasteiger partial charge on any atom is 0.131 e. The number of aromatic nitrogens is 2. The van der Waals surface area contributed by atoms with Gasteiger partial charge in [0.05, 0.1) is 15.9 Å². The summed E-state index contributed by atoms with van der Waals surface area (Å²) in [6.45, 7) is 2.51. The highest BCUT2D eigenvalue weighted by Crippen LogP contribution is 2.33. The second-order valence-electron chi connectivity index (χ2n) is 5.50. The first-order chi connectivity index (χ1) is 10.1. The van der Waals surface area contributed by atoms with Gasteiger partial charge in [-0.05, 0) is 66.0 Å². The molecule has 0 amide bonds. The molecule has 0 spiro atoms. The van der Waals surface area contributed by atoms with Crippen LogP contribution in [0.4, 0.5) is 0 Å². The smallest absolute Gasteiger partial charge is 0.131 e. The summed E-state index contributed by atoms with van der Waals surface area (Å²) in [6, 6.07) is 6.90. The Labute approximate surface area is 133 Å². The van der Waals surface area contributed by atoms with Crippen LogP contribution in [-0.2, 0) is 20.1 Å². The number of hydrogen-bond acceptors (Lipinski definition) is 3. The lowest BCUT2D eigenvalue weighted by molar-refractivity contribution is 0.294. The van der Waals surface area contributed by atoms with Gasteiger partial charge in [0.2, 0.25) is 0 Å². The van der Waals surface area contributed by atoms with Gasteiger partial charge in [-0.1, -0.05) is 6.07 Å². The van der Waals surface area contributed by atoms with Gasteiger partial charge in [0.15, 0.2) is 0 Å². The van der Waals surface area contributed by atoms with Crippen molar-refractivity contribution < 1.29 is 4.74 Å². The molecule has 1 aliphatic carbocycles. The van der Waals surface area contributed by atoms with E-state index in [0.29, 0.717) is 12.6 Å². The summed E-state index contributed by atoms with van der Waals surface area (Å²) in [5.74, 6) is 0.927. The first kappa shape index (κ1) is 14.6. The van der Waals surface area contributed by atoms with Gasteiger partial charge >= 0.3 is 0 Å². The predicted molar refractivity (Wildman–Crippen MR) is 86.5 cm³/mol. The molecule has 4 nitrogen and oxygen atoms in total. The number of hydrogen-bond donors (Lipinski definition) is 1. The summed E-state index contributed by atoms with van der Waals surface area (Å²) in [7, 11) is 3.96. The molecule has 0 fully saturated rings. The minimum absolute atomic E-state index is 0.489. The zero-order valence-electron chi connectivity index (χ0n) is 12.6. The van der Waals surface area contributed by atoms with Crippen LogP contribution in [0.1, 0.15) is 35.0 Å². The zero-order chi connectivity index (χ0) is 15.0. The van der Waals surface area contributed by atoms with Crippen LogP contribution in [0.15, 0.2) is 22.7 Å². The highest BCUT2D eigenvalue weighted by Gasteiger charge is 2.21. The van der Waals surface area contributed by atoms with E-state index in [1.54, 1.807) is 0 Å². The lowest BCUT2D eigenvalue weighted by Crippen LogP contribution is -2.12. The molecule has 1 N–H and O–H groups in total. The fourth-order valence-corrected chi connectivity index (χ4v) is 3.42. The number of rotatable bonds is 4. The van der Waals surface area contributed by atoms with E-state index >= 15 is 0 Å². The van der Waals surface area contributed by atoms with E-state index in [9.17, 15) is 0 Å². The number of fused-ring (bicyclic) bond motifs is 1. The number of benzene rings is 1. The van der Waals surface area contributed by atoms with E-state index < -0.39 is 0 Å². The van der Waals surface area contributed by atoms with E-state index in [1.807, 2.05) is 25.7 Å². The Morgan fingerprint density at radius 1 is 1.48 bits per heavy atom. The minimum atomic E-state index is 0.489. The number of halogens is 1. The monoisotopic (exact) mass is 349 g/mol. The van der Waals surface area contributed by atoms with Crippen molar-refractivity contribution in [3.8, 4) is 5.75 Å². The second kappa shape index (κ2) is 5.81. The molecule has 1 aliphatic rings. The highest BCUT2D eigenvalue weighted by atomic mass is 79.9. The van der Waals surface area contributed by atoms with Crippen molar-refractivity contribution in [3.05, 3.63) is 45.2 Å². The number of aryl methyl sites for hydroxylation is 3. The maximum absolute atomic E-state index is 5.95. The van der Waals surface area contributed by atoms with Gasteiger partial charge in [0, 0.05) is 13.1 Å². The Kier molecular flexibility index (Phi) is 4.04. The van der Waals surface area contributed by atoms with Gasteiger partial charge in [-0.15, -0.1) is 0 Å². The molecule has 5 heteroatoms. The van der Waals surface area contributed by atoms with Crippen LogP contribution in [0.3, 0.4) is 0 Å². The largest absolute Gasteiger partial charge is 0.487 e. The van der Waals surface area contributed by atoms with Gasteiger partial charge in [0.1, 0.15) is 12.4 Å². The molecule has 1 atom stereocenters. The fraction of sp³-hybridized carbons (Fsp3) is 0.438. The molecule has 0 saturated carbocycles. The molecule has 2 aromatic rings. The van der Waals surface area contributed by atoms with Crippen molar-refractivity contribution in [2.24, 2.45) is 7.05 Å². The highest BCUT2D eigenvalue weighted by molar-refractivity contribution is 9.10. The van der Waals surface area contributed by atoms with Crippen LogP contribution in [-0.4, -0.2) is 16.8 Å². The van der Waals surface area contributed by atoms with Crippen molar-refractivity contribution in [2.45, 2.75) is 32.4 Å². The first-order valence-electron chi connectivity index (χ1n) is 7.21. The Bertz CT molecular complexity index is 666. The number of nitrogens with one attached hydrogen (secondary N) is 1. The van der Waals surface area contributed by atoms with E-state index in [1.165, 1.54) is 17.5 Å². The molecule has 3 rings (SSSR count). The van der Waals surface area contributed by atoms with Crippen molar-refractivity contribution in [3.63, 3.8) is 0 Å². The van der Waals surface area contributed by atoms with Crippen molar-refractivity contribution in [1.29, 1.82) is 0 Å². The van der Waals surface area contributed by atoms with Crippen LogP contribution in [0.5, 0.6) is 5.75 Å². The topological polar surface area (TPSA) is 39.1 Å². The Morgan fingerprint density at radius 2 is 2.29 bits per heavy atom. The molecule has 21 heavy (non-hydrogen) atoms.